The fraction of sp³-hybridized carbons (Fsp3) is 0.304. The molecule has 0 spiro atoms. The lowest BCUT2D eigenvalue weighted by Crippen LogP contribution is -2.39. The van der Waals surface area contributed by atoms with E-state index in [2.05, 4.69) is 23.1 Å². The minimum Gasteiger partial charge on any atom is -0.398 e. The molecule has 0 aliphatic carbocycles. The lowest BCUT2D eigenvalue weighted by molar-refractivity contribution is -0.0926. The fourth-order valence-electron chi connectivity index (χ4n) is 4.56. The van der Waals surface area contributed by atoms with Gasteiger partial charge in [-0.25, -0.2) is 0 Å². The number of alkyl halides is 3. The third kappa shape index (κ3) is 3.82. The Kier molecular flexibility index (Phi) is 5.32. The van der Waals surface area contributed by atoms with Gasteiger partial charge in [-0.3, -0.25) is 4.90 Å². The minimum absolute atomic E-state index is 0.0927. The van der Waals surface area contributed by atoms with Crippen molar-refractivity contribution in [2.24, 2.45) is 11.5 Å². The molecule has 4 N–H and O–H groups in total. The molecule has 2 bridgehead atoms. The van der Waals surface area contributed by atoms with Crippen LogP contribution in [-0.4, -0.2) is 24.2 Å². The molecule has 3 aliphatic rings. The molecule has 0 amide bonds. The topological polar surface area (TPSA) is 55.3 Å². The SMILES string of the molecule is N/C(=C\C=C(/N)C(F)(F)F)c1ccc2c(c1)CN1CCC2(c2ccc(Cl)cc2)CC1. The summed E-state index contributed by atoms with van der Waals surface area (Å²) < 4.78 is 37.8. The van der Waals surface area contributed by atoms with Crippen molar-refractivity contribution in [1.29, 1.82) is 0 Å². The number of fused-ring (bicyclic) bond motifs is 2. The van der Waals surface area contributed by atoms with Crippen molar-refractivity contribution in [3.05, 3.63) is 87.6 Å². The summed E-state index contributed by atoms with van der Waals surface area (Å²) in [4.78, 5) is 2.41. The van der Waals surface area contributed by atoms with Gasteiger partial charge < -0.3 is 11.5 Å². The Morgan fingerprint density at radius 3 is 2.30 bits per heavy atom. The summed E-state index contributed by atoms with van der Waals surface area (Å²) in [5.74, 6) is 0. The van der Waals surface area contributed by atoms with Crippen LogP contribution in [0, 0.1) is 0 Å². The highest BCUT2D eigenvalue weighted by Gasteiger charge is 2.42. The number of piperidine rings is 1. The third-order valence-electron chi connectivity index (χ3n) is 6.22. The molecule has 5 rings (SSSR count). The van der Waals surface area contributed by atoms with Crippen LogP contribution in [0.25, 0.3) is 5.70 Å². The lowest BCUT2D eigenvalue weighted by atomic mass is 9.68. The van der Waals surface area contributed by atoms with E-state index < -0.39 is 11.9 Å². The predicted octanol–water partition coefficient (Wildman–Crippen LogP) is 4.94. The molecule has 2 aromatic rings. The van der Waals surface area contributed by atoms with Crippen LogP contribution in [0.2, 0.25) is 5.02 Å². The van der Waals surface area contributed by atoms with Gasteiger partial charge in [0.25, 0.3) is 0 Å². The molecule has 0 atom stereocenters. The average molecular weight is 434 g/mol. The number of rotatable bonds is 3. The second-order valence-electron chi connectivity index (χ2n) is 7.98. The van der Waals surface area contributed by atoms with E-state index in [9.17, 15) is 13.2 Å². The molecule has 0 aromatic heterocycles. The van der Waals surface area contributed by atoms with Crippen molar-refractivity contribution >= 4 is 17.3 Å². The molecule has 7 heteroatoms. The molecule has 1 saturated heterocycles. The number of nitrogens with zero attached hydrogens (tertiary/aromatic N) is 1. The fourth-order valence-corrected chi connectivity index (χ4v) is 4.68. The Balaban J connectivity index is 1.74. The van der Waals surface area contributed by atoms with E-state index in [-0.39, 0.29) is 11.1 Å². The van der Waals surface area contributed by atoms with Crippen molar-refractivity contribution in [3.8, 4) is 0 Å². The second-order valence-corrected chi connectivity index (χ2v) is 8.42. The Labute approximate surface area is 178 Å². The van der Waals surface area contributed by atoms with E-state index in [1.165, 1.54) is 17.2 Å². The van der Waals surface area contributed by atoms with E-state index in [1.54, 1.807) is 0 Å². The van der Waals surface area contributed by atoms with Crippen LogP contribution in [0.4, 0.5) is 13.2 Å². The van der Waals surface area contributed by atoms with Gasteiger partial charge in [0, 0.05) is 22.7 Å². The summed E-state index contributed by atoms with van der Waals surface area (Å²) in [6, 6.07) is 14.0. The minimum atomic E-state index is -4.57. The van der Waals surface area contributed by atoms with E-state index in [0.29, 0.717) is 10.6 Å². The van der Waals surface area contributed by atoms with Gasteiger partial charge in [-0.05, 0) is 78.5 Å². The first-order valence-corrected chi connectivity index (χ1v) is 10.2. The Hall–Kier alpha value is -2.44. The van der Waals surface area contributed by atoms with Crippen LogP contribution < -0.4 is 11.5 Å². The van der Waals surface area contributed by atoms with Crippen LogP contribution in [0.1, 0.15) is 35.1 Å². The smallest absolute Gasteiger partial charge is 0.398 e. The van der Waals surface area contributed by atoms with Gasteiger partial charge in [0.05, 0.1) is 0 Å². The highest BCUT2D eigenvalue weighted by atomic mass is 35.5. The molecule has 3 heterocycles. The third-order valence-corrected chi connectivity index (χ3v) is 6.48. The van der Waals surface area contributed by atoms with Crippen molar-refractivity contribution in [2.75, 3.05) is 13.1 Å². The molecular formula is C23H23ClF3N3. The van der Waals surface area contributed by atoms with E-state index in [0.717, 1.165) is 44.1 Å². The summed E-state index contributed by atoms with van der Waals surface area (Å²) in [5.41, 5.74) is 14.5. The molecule has 30 heavy (non-hydrogen) atoms. The first-order valence-electron chi connectivity index (χ1n) is 9.81. The zero-order valence-electron chi connectivity index (χ0n) is 16.3. The van der Waals surface area contributed by atoms with Crippen LogP contribution in [0.5, 0.6) is 0 Å². The largest absolute Gasteiger partial charge is 0.430 e. The molecule has 2 aromatic carbocycles. The number of benzene rings is 2. The molecule has 0 radical (unpaired) electrons. The van der Waals surface area contributed by atoms with Gasteiger partial charge in [0.15, 0.2) is 0 Å². The molecule has 158 valence electrons. The second kappa shape index (κ2) is 7.67. The summed E-state index contributed by atoms with van der Waals surface area (Å²) in [5, 5.41) is 0.709. The highest BCUT2D eigenvalue weighted by molar-refractivity contribution is 6.30. The maximum Gasteiger partial charge on any atom is 0.430 e. The predicted molar refractivity (Wildman–Crippen MR) is 114 cm³/mol. The van der Waals surface area contributed by atoms with Gasteiger partial charge in [-0.15, -0.1) is 0 Å². The Bertz CT molecular complexity index is 1000. The van der Waals surface area contributed by atoms with Crippen LogP contribution in [0.15, 0.2) is 60.3 Å². The normalized spacial score (nSPS) is 24.5. The summed E-state index contributed by atoms with van der Waals surface area (Å²) >= 11 is 6.10. The van der Waals surface area contributed by atoms with Crippen LogP contribution in [0.3, 0.4) is 0 Å². The van der Waals surface area contributed by atoms with Crippen LogP contribution in [-0.2, 0) is 12.0 Å². The van der Waals surface area contributed by atoms with Gasteiger partial charge >= 0.3 is 6.18 Å². The zero-order chi connectivity index (χ0) is 21.5. The maximum absolute atomic E-state index is 12.6. The number of halogens is 4. The van der Waals surface area contributed by atoms with Crippen molar-refractivity contribution in [2.45, 2.75) is 31.0 Å². The van der Waals surface area contributed by atoms with Crippen molar-refractivity contribution < 1.29 is 13.2 Å². The molecule has 3 nitrogen and oxygen atoms in total. The summed E-state index contributed by atoms with van der Waals surface area (Å²) in [6.45, 7) is 2.78. The number of nitrogens with two attached hydrogens (primary N) is 2. The van der Waals surface area contributed by atoms with Gasteiger partial charge in [0.2, 0.25) is 0 Å². The number of hydrogen-bond donors (Lipinski definition) is 2. The lowest BCUT2D eigenvalue weighted by Gasteiger charge is -2.39. The Morgan fingerprint density at radius 2 is 1.67 bits per heavy atom. The van der Waals surface area contributed by atoms with Crippen LogP contribution >= 0.6 is 11.6 Å². The molecule has 0 unspecified atom stereocenters. The molecular weight excluding hydrogens is 411 g/mol. The average Bonchev–Trinajstić information content (AvgIpc) is 2.97. The summed E-state index contributed by atoms with van der Waals surface area (Å²) in [7, 11) is 0. The Morgan fingerprint density at radius 1 is 1.00 bits per heavy atom. The van der Waals surface area contributed by atoms with Gasteiger partial charge in [0.1, 0.15) is 5.70 Å². The van der Waals surface area contributed by atoms with Crippen molar-refractivity contribution in [1.82, 2.24) is 4.90 Å². The van der Waals surface area contributed by atoms with E-state index in [4.69, 9.17) is 23.1 Å². The number of allylic oxidation sites excluding steroid dienone is 3. The first-order chi connectivity index (χ1) is 14.2. The standard InChI is InChI=1S/C23H23ClF3N3/c24-18-4-2-17(3-5-18)22-9-11-30(12-10-22)14-16-13-15(1-6-19(16)22)20(28)7-8-21(29)23(25,26)27/h1-8,13H,9-12,14,28-29H2/b20-7-,21-8-. The number of hydrogen-bond acceptors (Lipinski definition) is 3. The summed E-state index contributed by atoms with van der Waals surface area (Å²) in [6.07, 6.45) is -0.523. The molecule has 1 fully saturated rings. The first kappa shape index (κ1) is 20.8. The highest BCUT2D eigenvalue weighted by Crippen LogP contribution is 2.46. The maximum atomic E-state index is 12.6. The van der Waals surface area contributed by atoms with E-state index in [1.807, 2.05) is 24.3 Å². The molecule has 0 saturated carbocycles. The molecule has 3 aliphatic heterocycles. The van der Waals surface area contributed by atoms with E-state index >= 15 is 0 Å². The zero-order valence-corrected chi connectivity index (χ0v) is 17.1. The van der Waals surface area contributed by atoms with Gasteiger partial charge in [-0.2, -0.15) is 13.2 Å². The quantitative estimate of drug-likeness (QED) is 0.674. The van der Waals surface area contributed by atoms with Crippen molar-refractivity contribution in [3.63, 3.8) is 0 Å². The van der Waals surface area contributed by atoms with Gasteiger partial charge in [-0.1, -0.05) is 35.9 Å². The monoisotopic (exact) mass is 433 g/mol.